The number of thiophene rings is 1. The standard InChI is InChI=1S/C23H21BrF2N2O4S/c1-2-7-28-18(12-27(23(30)31)8-5-15-6-9-33-14-15)11-20(21(24)22(28)29)32-13-16-3-4-17(25)10-19(16)26/h2-4,6,9-11,14H,1,5,7-8,12-13H2,(H,30,31). The van der Waals surface area contributed by atoms with Crippen molar-refractivity contribution >= 4 is 33.4 Å². The molecule has 6 nitrogen and oxygen atoms in total. The maximum atomic E-state index is 14.0. The highest BCUT2D eigenvalue weighted by atomic mass is 79.9. The topological polar surface area (TPSA) is 71.8 Å². The normalized spacial score (nSPS) is 10.8. The number of carbonyl (C=O) groups is 1. The molecule has 3 aromatic rings. The van der Waals surface area contributed by atoms with E-state index in [2.05, 4.69) is 22.5 Å². The van der Waals surface area contributed by atoms with Crippen molar-refractivity contribution in [3.63, 3.8) is 0 Å². The Kier molecular flexibility index (Phi) is 8.40. The van der Waals surface area contributed by atoms with Gasteiger partial charge >= 0.3 is 6.09 Å². The number of rotatable bonds is 10. The average Bonchev–Trinajstić information content (AvgIpc) is 3.29. The van der Waals surface area contributed by atoms with Crippen LogP contribution in [-0.4, -0.2) is 27.2 Å². The van der Waals surface area contributed by atoms with Crippen LogP contribution in [0.1, 0.15) is 16.8 Å². The number of allylic oxidation sites excluding steroid dienone is 1. The molecule has 10 heteroatoms. The van der Waals surface area contributed by atoms with Crippen LogP contribution < -0.4 is 10.3 Å². The zero-order valence-corrected chi connectivity index (χ0v) is 19.9. The molecule has 0 fully saturated rings. The number of pyridine rings is 1. The monoisotopic (exact) mass is 538 g/mol. The van der Waals surface area contributed by atoms with Crippen molar-refractivity contribution in [3.8, 4) is 5.75 Å². The van der Waals surface area contributed by atoms with E-state index in [1.54, 1.807) is 0 Å². The summed E-state index contributed by atoms with van der Waals surface area (Å²) in [4.78, 5) is 26.0. The van der Waals surface area contributed by atoms with Gasteiger partial charge in [0.1, 0.15) is 28.5 Å². The van der Waals surface area contributed by atoms with Gasteiger partial charge in [-0.15, -0.1) is 6.58 Å². The van der Waals surface area contributed by atoms with Crippen LogP contribution in [0, 0.1) is 11.6 Å². The summed E-state index contributed by atoms with van der Waals surface area (Å²) in [6.45, 7) is 3.76. The summed E-state index contributed by atoms with van der Waals surface area (Å²) in [5.74, 6) is -1.35. The molecule has 1 N–H and O–H groups in total. The van der Waals surface area contributed by atoms with Gasteiger partial charge in [-0.1, -0.05) is 6.08 Å². The number of halogens is 3. The van der Waals surface area contributed by atoms with E-state index in [9.17, 15) is 23.5 Å². The fourth-order valence-electron chi connectivity index (χ4n) is 3.14. The number of nitrogens with zero attached hydrogens (tertiary/aromatic N) is 2. The fraction of sp³-hybridized carbons (Fsp3) is 0.217. The van der Waals surface area contributed by atoms with Crippen molar-refractivity contribution in [3.05, 3.63) is 97.0 Å². The lowest BCUT2D eigenvalue weighted by atomic mass is 10.2. The quantitative estimate of drug-likeness (QED) is 0.349. The van der Waals surface area contributed by atoms with Crippen LogP contribution in [0.3, 0.4) is 0 Å². The molecule has 0 radical (unpaired) electrons. The second-order valence-corrected chi connectivity index (χ2v) is 8.70. The number of benzene rings is 1. The van der Waals surface area contributed by atoms with Crippen molar-refractivity contribution in [2.75, 3.05) is 6.54 Å². The molecular formula is C23H21BrF2N2O4S. The van der Waals surface area contributed by atoms with Crippen LogP contribution in [0.5, 0.6) is 5.75 Å². The zero-order valence-electron chi connectivity index (χ0n) is 17.5. The molecule has 0 saturated carbocycles. The Balaban J connectivity index is 1.87. The van der Waals surface area contributed by atoms with E-state index in [-0.39, 0.29) is 42.0 Å². The Morgan fingerprint density at radius 2 is 2.09 bits per heavy atom. The van der Waals surface area contributed by atoms with Gasteiger partial charge in [0.05, 0.1) is 6.54 Å². The third-order valence-electron chi connectivity index (χ3n) is 4.88. The Labute approximate surface area is 201 Å². The molecule has 174 valence electrons. The molecular weight excluding hydrogens is 518 g/mol. The minimum atomic E-state index is -1.12. The minimum Gasteiger partial charge on any atom is -0.487 e. The third kappa shape index (κ3) is 6.29. The number of amides is 1. The lowest BCUT2D eigenvalue weighted by Crippen LogP contribution is -2.34. The van der Waals surface area contributed by atoms with E-state index in [1.165, 1.54) is 39.0 Å². The van der Waals surface area contributed by atoms with Gasteiger partial charge in [0.25, 0.3) is 5.56 Å². The molecule has 1 aromatic carbocycles. The minimum absolute atomic E-state index is 0.0584. The molecule has 2 heterocycles. The second-order valence-electron chi connectivity index (χ2n) is 7.13. The summed E-state index contributed by atoms with van der Waals surface area (Å²) in [6.07, 6.45) is 0.939. The summed E-state index contributed by atoms with van der Waals surface area (Å²) in [5, 5.41) is 13.6. The molecule has 2 aromatic heterocycles. The first kappa shape index (κ1) is 24.7. The molecule has 0 spiro atoms. The molecule has 33 heavy (non-hydrogen) atoms. The predicted molar refractivity (Wildman–Crippen MR) is 126 cm³/mol. The second kappa shape index (κ2) is 11.2. The van der Waals surface area contributed by atoms with E-state index in [4.69, 9.17) is 4.74 Å². The van der Waals surface area contributed by atoms with Crippen LogP contribution in [0.25, 0.3) is 0 Å². The van der Waals surface area contributed by atoms with Crippen molar-refractivity contribution in [2.45, 2.75) is 26.1 Å². The molecule has 0 aliphatic rings. The highest BCUT2D eigenvalue weighted by Gasteiger charge is 2.19. The van der Waals surface area contributed by atoms with Crippen LogP contribution >= 0.6 is 27.3 Å². The highest BCUT2D eigenvalue weighted by molar-refractivity contribution is 9.10. The van der Waals surface area contributed by atoms with Crippen molar-refractivity contribution in [1.82, 2.24) is 9.47 Å². The van der Waals surface area contributed by atoms with Crippen LogP contribution in [0.15, 0.2) is 63.0 Å². The first-order valence-electron chi connectivity index (χ1n) is 9.89. The van der Waals surface area contributed by atoms with E-state index in [1.807, 2.05) is 16.8 Å². The molecule has 0 atom stereocenters. The lowest BCUT2D eigenvalue weighted by molar-refractivity contribution is 0.141. The van der Waals surface area contributed by atoms with Crippen molar-refractivity contribution < 1.29 is 23.4 Å². The number of hydrogen-bond acceptors (Lipinski definition) is 4. The Bertz CT molecular complexity index is 1200. The number of aromatic nitrogens is 1. The maximum Gasteiger partial charge on any atom is 0.407 e. The van der Waals surface area contributed by atoms with Gasteiger partial charge in [-0.05, 0) is 56.9 Å². The van der Waals surface area contributed by atoms with Crippen LogP contribution in [0.2, 0.25) is 0 Å². The number of hydrogen-bond donors (Lipinski definition) is 1. The average molecular weight is 539 g/mol. The van der Waals surface area contributed by atoms with Crippen LogP contribution in [0.4, 0.5) is 13.6 Å². The van der Waals surface area contributed by atoms with Gasteiger partial charge in [-0.2, -0.15) is 11.3 Å². The zero-order chi connectivity index (χ0) is 24.0. The number of ether oxygens (including phenoxy) is 1. The first-order chi connectivity index (χ1) is 15.8. The van der Waals surface area contributed by atoms with Gasteiger partial charge < -0.3 is 19.3 Å². The Morgan fingerprint density at radius 1 is 1.30 bits per heavy atom. The van der Waals surface area contributed by atoms with Gasteiger partial charge in [-0.3, -0.25) is 4.79 Å². The SMILES string of the molecule is C=CCn1c(CN(CCc2ccsc2)C(=O)O)cc(OCc2ccc(F)cc2F)c(Br)c1=O. The molecule has 3 rings (SSSR count). The fourth-order valence-corrected chi connectivity index (χ4v) is 4.29. The summed E-state index contributed by atoms with van der Waals surface area (Å²) >= 11 is 4.75. The molecule has 0 bridgehead atoms. The molecule has 0 aliphatic carbocycles. The largest absolute Gasteiger partial charge is 0.487 e. The summed E-state index contributed by atoms with van der Waals surface area (Å²) < 4.78 is 34.2. The van der Waals surface area contributed by atoms with E-state index < -0.39 is 23.3 Å². The van der Waals surface area contributed by atoms with Crippen molar-refractivity contribution in [2.24, 2.45) is 0 Å². The Morgan fingerprint density at radius 3 is 2.73 bits per heavy atom. The van der Waals surface area contributed by atoms with Crippen LogP contribution in [-0.2, 0) is 26.1 Å². The van der Waals surface area contributed by atoms with E-state index >= 15 is 0 Å². The predicted octanol–water partition coefficient (Wildman–Crippen LogP) is 5.44. The number of carboxylic acid groups (broad SMARTS) is 1. The molecule has 0 aliphatic heterocycles. The smallest absolute Gasteiger partial charge is 0.407 e. The lowest BCUT2D eigenvalue weighted by Gasteiger charge is -2.22. The molecule has 0 saturated heterocycles. The Hall–Kier alpha value is -2.98. The van der Waals surface area contributed by atoms with E-state index in [0.29, 0.717) is 12.1 Å². The summed E-state index contributed by atoms with van der Waals surface area (Å²) in [6, 6.07) is 6.59. The summed E-state index contributed by atoms with van der Waals surface area (Å²) in [7, 11) is 0. The van der Waals surface area contributed by atoms with Gasteiger partial charge in [-0.25, -0.2) is 13.6 Å². The first-order valence-corrected chi connectivity index (χ1v) is 11.6. The molecule has 1 amide bonds. The van der Waals surface area contributed by atoms with Crippen molar-refractivity contribution in [1.29, 1.82) is 0 Å². The molecule has 0 unspecified atom stereocenters. The van der Waals surface area contributed by atoms with E-state index in [0.717, 1.165) is 17.7 Å². The maximum absolute atomic E-state index is 14.0. The van der Waals surface area contributed by atoms with Gasteiger partial charge in [0, 0.05) is 36.5 Å². The van der Waals surface area contributed by atoms with Gasteiger partial charge in [0.15, 0.2) is 0 Å². The highest BCUT2D eigenvalue weighted by Crippen LogP contribution is 2.25. The summed E-state index contributed by atoms with van der Waals surface area (Å²) in [5.41, 5.74) is 1.09. The van der Waals surface area contributed by atoms with Gasteiger partial charge in [0.2, 0.25) is 0 Å². The third-order valence-corrected chi connectivity index (χ3v) is 6.34.